The third-order valence-corrected chi connectivity index (χ3v) is 2.40. The van der Waals surface area contributed by atoms with Crippen LogP contribution in [0.25, 0.3) is 0 Å². The first kappa shape index (κ1) is 11.5. The predicted molar refractivity (Wildman–Crippen MR) is 54.9 cm³/mol. The Labute approximate surface area is 88.0 Å². The molecular formula is C11H14FNO2. The highest BCUT2D eigenvalue weighted by Gasteiger charge is 2.17. The van der Waals surface area contributed by atoms with Gasteiger partial charge in [-0.15, -0.1) is 0 Å². The Balaban J connectivity index is 2.71. The number of ether oxygens (including phenoxy) is 1. The van der Waals surface area contributed by atoms with Gasteiger partial charge in [-0.2, -0.15) is 0 Å². The van der Waals surface area contributed by atoms with E-state index in [4.69, 9.17) is 10.5 Å². The SMILES string of the molecule is CC(OC(N)=O)C(C)c1ccc(F)cc1. The molecule has 1 rings (SSSR count). The molecule has 0 fully saturated rings. The third-order valence-electron chi connectivity index (χ3n) is 2.40. The maximum absolute atomic E-state index is 12.7. The van der Waals surface area contributed by atoms with Gasteiger partial charge in [0.25, 0.3) is 0 Å². The van der Waals surface area contributed by atoms with E-state index in [2.05, 4.69) is 0 Å². The average molecular weight is 211 g/mol. The fourth-order valence-electron chi connectivity index (χ4n) is 1.32. The van der Waals surface area contributed by atoms with Crippen molar-refractivity contribution in [3.8, 4) is 0 Å². The van der Waals surface area contributed by atoms with Gasteiger partial charge in [-0.3, -0.25) is 0 Å². The van der Waals surface area contributed by atoms with Crippen LogP contribution in [0.4, 0.5) is 9.18 Å². The van der Waals surface area contributed by atoms with Crippen molar-refractivity contribution >= 4 is 6.09 Å². The molecule has 0 spiro atoms. The second-order valence-corrected chi connectivity index (χ2v) is 3.48. The molecule has 1 aromatic carbocycles. The summed E-state index contributed by atoms with van der Waals surface area (Å²) in [6.07, 6.45) is -1.12. The summed E-state index contributed by atoms with van der Waals surface area (Å²) in [5.41, 5.74) is 5.82. The van der Waals surface area contributed by atoms with Gasteiger partial charge in [0, 0.05) is 5.92 Å². The Morgan fingerprint density at radius 3 is 2.33 bits per heavy atom. The highest BCUT2D eigenvalue weighted by molar-refractivity contribution is 5.64. The molecule has 0 aliphatic carbocycles. The number of amides is 1. The van der Waals surface area contributed by atoms with Crippen LogP contribution in [-0.2, 0) is 4.74 Å². The lowest BCUT2D eigenvalue weighted by atomic mass is 9.96. The lowest BCUT2D eigenvalue weighted by molar-refractivity contribution is 0.103. The number of benzene rings is 1. The van der Waals surface area contributed by atoms with Crippen LogP contribution in [0.1, 0.15) is 25.3 Å². The molecule has 1 aromatic rings. The summed E-state index contributed by atoms with van der Waals surface area (Å²) in [6.45, 7) is 3.64. The smallest absolute Gasteiger partial charge is 0.404 e. The van der Waals surface area contributed by atoms with E-state index in [9.17, 15) is 9.18 Å². The molecule has 0 bridgehead atoms. The van der Waals surface area contributed by atoms with E-state index in [1.165, 1.54) is 12.1 Å². The molecule has 2 atom stereocenters. The van der Waals surface area contributed by atoms with Crippen molar-refractivity contribution in [2.24, 2.45) is 5.73 Å². The number of carbonyl (C=O) groups is 1. The minimum Gasteiger partial charge on any atom is -0.446 e. The molecular weight excluding hydrogens is 197 g/mol. The fourth-order valence-corrected chi connectivity index (χ4v) is 1.32. The lowest BCUT2D eigenvalue weighted by Gasteiger charge is -2.19. The molecule has 0 radical (unpaired) electrons. The van der Waals surface area contributed by atoms with Crippen LogP contribution in [0, 0.1) is 5.82 Å². The molecule has 0 saturated carbocycles. The van der Waals surface area contributed by atoms with Crippen LogP contribution in [0.15, 0.2) is 24.3 Å². The first-order valence-electron chi connectivity index (χ1n) is 4.72. The monoisotopic (exact) mass is 211 g/mol. The van der Waals surface area contributed by atoms with Crippen molar-refractivity contribution in [2.45, 2.75) is 25.9 Å². The van der Waals surface area contributed by atoms with Gasteiger partial charge in [-0.05, 0) is 24.6 Å². The van der Waals surface area contributed by atoms with E-state index < -0.39 is 6.09 Å². The summed E-state index contributed by atoms with van der Waals surface area (Å²) < 4.78 is 17.5. The maximum atomic E-state index is 12.7. The molecule has 0 aliphatic rings. The zero-order chi connectivity index (χ0) is 11.4. The summed E-state index contributed by atoms with van der Waals surface area (Å²) in [5.74, 6) is -0.299. The Hall–Kier alpha value is -1.58. The second-order valence-electron chi connectivity index (χ2n) is 3.48. The number of hydrogen-bond acceptors (Lipinski definition) is 2. The van der Waals surface area contributed by atoms with E-state index in [1.807, 2.05) is 6.92 Å². The van der Waals surface area contributed by atoms with Gasteiger partial charge in [0.1, 0.15) is 11.9 Å². The molecule has 0 saturated heterocycles. The minimum atomic E-state index is -0.795. The third kappa shape index (κ3) is 3.23. The number of primary amides is 1. The second kappa shape index (κ2) is 4.77. The van der Waals surface area contributed by atoms with Gasteiger partial charge < -0.3 is 10.5 Å². The molecule has 3 nitrogen and oxygen atoms in total. The summed E-state index contributed by atoms with van der Waals surface area (Å²) in [6, 6.07) is 6.09. The van der Waals surface area contributed by atoms with Crippen molar-refractivity contribution in [1.82, 2.24) is 0 Å². The van der Waals surface area contributed by atoms with Gasteiger partial charge in [0.2, 0.25) is 0 Å². The summed E-state index contributed by atoms with van der Waals surface area (Å²) >= 11 is 0. The molecule has 15 heavy (non-hydrogen) atoms. The van der Waals surface area contributed by atoms with Gasteiger partial charge >= 0.3 is 6.09 Å². The quantitative estimate of drug-likeness (QED) is 0.834. The first-order chi connectivity index (χ1) is 7.00. The van der Waals surface area contributed by atoms with Crippen LogP contribution < -0.4 is 5.73 Å². The van der Waals surface area contributed by atoms with Crippen LogP contribution in [0.3, 0.4) is 0 Å². The van der Waals surface area contributed by atoms with Crippen LogP contribution in [-0.4, -0.2) is 12.2 Å². The molecule has 2 unspecified atom stereocenters. The Morgan fingerprint density at radius 2 is 1.87 bits per heavy atom. The minimum absolute atomic E-state index is 0.0156. The molecule has 82 valence electrons. The van der Waals surface area contributed by atoms with E-state index in [1.54, 1.807) is 19.1 Å². The van der Waals surface area contributed by atoms with Gasteiger partial charge in [0.15, 0.2) is 0 Å². The number of rotatable bonds is 3. The van der Waals surface area contributed by atoms with E-state index >= 15 is 0 Å². The normalized spacial score (nSPS) is 14.3. The number of halogens is 1. The Kier molecular flexibility index (Phi) is 3.66. The van der Waals surface area contributed by atoms with Crippen molar-refractivity contribution in [1.29, 1.82) is 0 Å². The van der Waals surface area contributed by atoms with Crippen molar-refractivity contribution < 1.29 is 13.9 Å². The van der Waals surface area contributed by atoms with Gasteiger partial charge in [0.05, 0.1) is 0 Å². The van der Waals surface area contributed by atoms with Gasteiger partial charge in [-0.1, -0.05) is 19.1 Å². The molecule has 0 aliphatic heterocycles. The predicted octanol–water partition coefficient (Wildman–Crippen LogP) is 2.41. The fraction of sp³-hybridized carbons (Fsp3) is 0.364. The summed E-state index contributed by atoms with van der Waals surface area (Å²) in [5, 5.41) is 0. The first-order valence-corrected chi connectivity index (χ1v) is 4.72. The van der Waals surface area contributed by atoms with Crippen molar-refractivity contribution in [3.63, 3.8) is 0 Å². The highest BCUT2D eigenvalue weighted by Crippen LogP contribution is 2.21. The Morgan fingerprint density at radius 1 is 1.33 bits per heavy atom. The molecule has 0 aromatic heterocycles. The maximum Gasteiger partial charge on any atom is 0.404 e. The van der Waals surface area contributed by atoms with Crippen molar-refractivity contribution in [3.05, 3.63) is 35.6 Å². The molecule has 0 heterocycles. The molecule has 1 amide bonds. The highest BCUT2D eigenvalue weighted by atomic mass is 19.1. The average Bonchev–Trinajstić information content (AvgIpc) is 2.17. The molecule has 4 heteroatoms. The van der Waals surface area contributed by atoms with Crippen LogP contribution in [0.5, 0.6) is 0 Å². The van der Waals surface area contributed by atoms with Crippen LogP contribution >= 0.6 is 0 Å². The number of carbonyl (C=O) groups excluding carboxylic acids is 1. The van der Waals surface area contributed by atoms with Gasteiger partial charge in [-0.25, -0.2) is 9.18 Å². The van der Waals surface area contributed by atoms with E-state index in [-0.39, 0.29) is 17.8 Å². The van der Waals surface area contributed by atoms with Crippen molar-refractivity contribution in [2.75, 3.05) is 0 Å². The summed E-state index contributed by atoms with van der Waals surface area (Å²) in [4.78, 5) is 10.5. The Bertz CT molecular complexity index is 337. The van der Waals surface area contributed by atoms with Crippen LogP contribution in [0.2, 0.25) is 0 Å². The zero-order valence-corrected chi connectivity index (χ0v) is 8.74. The molecule has 2 N–H and O–H groups in total. The summed E-state index contributed by atoms with van der Waals surface area (Å²) in [7, 11) is 0. The number of hydrogen-bond donors (Lipinski definition) is 1. The topological polar surface area (TPSA) is 52.3 Å². The zero-order valence-electron chi connectivity index (χ0n) is 8.74. The van der Waals surface area contributed by atoms with E-state index in [0.717, 1.165) is 5.56 Å². The lowest BCUT2D eigenvalue weighted by Crippen LogP contribution is -2.24. The number of nitrogens with two attached hydrogens (primary N) is 1. The van der Waals surface area contributed by atoms with E-state index in [0.29, 0.717) is 0 Å². The largest absolute Gasteiger partial charge is 0.446 e. The standard InChI is InChI=1S/C11H14FNO2/c1-7(8(2)15-11(13)14)9-3-5-10(12)6-4-9/h3-8H,1-2H3,(H2,13,14).